The average Bonchev–Trinajstić information content (AvgIpc) is 2.98. The van der Waals surface area contributed by atoms with Crippen molar-refractivity contribution in [1.82, 2.24) is 15.5 Å². The van der Waals surface area contributed by atoms with E-state index < -0.39 is 0 Å². The van der Waals surface area contributed by atoms with Gasteiger partial charge in [-0.3, -0.25) is 9.89 Å². The van der Waals surface area contributed by atoms with Crippen LogP contribution in [-0.2, 0) is 11.2 Å². The van der Waals surface area contributed by atoms with Gasteiger partial charge in [0.15, 0.2) is 0 Å². The molecule has 0 saturated carbocycles. The van der Waals surface area contributed by atoms with Crippen LogP contribution in [0.1, 0.15) is 11.3 Å². The van der Waals surface area contributed by atoms with E-state index in [0.717, 1.165) is 28.6 Å². The summed E-state index contributed by atoms with van der Waals surface area (Å²) in [6.07, 6.45) is 3.99. The van der Waals surface area contributed by atoms with Crippen LogP contribution in [0.5, 0.6) is 0 Å². The van der Waals surface area contributed by atoms with Gasteiger partial charge in [0.05, 0.1) is 11.2 Å². The summed E-state index contributed by atoms with van der Waals surface area (Å²) in [6, 6.07) is 15.4. The number of benzene rings is 2. The summed E-state index contributed by atoms with van der Waals surface area (Å²) >= 11 is 5.84. The minimum atomic E-state index is -0.133. The quantitative estimate of drug-likeness (QED) is 0.704. The molecule has 1 heterocycles. The lowest BCUT2D eigenvalue weighted by atomic mass is 10.1. The highest BCUT2D eigenvalue weighted by molar-refractivity contribution is 6.30. The molecular weight excluding hydrogens is 310 g/mol. The number of hydrogen-bond acceptors (Lipinski definition) is 2. The number of fused-ring (bicyclic) bond motifs is 1. The van der Waals surface area contributed by atoms with Crippen LogP contribution in [0.3, 0.4) is 0 Å². The molecule has 0 radical (unpaired) electrons. The first-order valence-electron chi connectivity index (χ1n) is 7.36. The van der Waals surface area contributed by atoms with Crippen molar-refractivity contribution in [2.45, 2.75) is 6.42 Å². The van der Waals surface area contributed by atoms with Crippen LogP contribution in [0.2, 0.25) is 5.02 Å². The summed E-state index contributed by atoms with van der Waals surface area (Å²) in [5.41, 5.74) is 2.85. The summed E-state index contributed by atoms with van der Waals surface area (Å²) in [6.45, 7) is 0.576. The van der Waals surface area contributed by atoms with Gasteiger partial charge < -0.3 is 5.32 Å². The number of halogens is 1. The second kappa shape index (κ2) is 7.11. The van der Waals surface area contributed by atoms with Crippen molar-refractivity contribution in [2.75, 3.05) is 6.54 Å². The molecular formula is C18H16ClN3O. The predicted molar refractivity (Wildman–Crippen MR) is 93.3 cm³/mol. The second-order valence-corrected chi connectivity index (χ2v) is 5.59. The van der Waals surface area contributed by atoms with Crippen LogP contribution in [0.15, 0.2) is 54.6 Å². The topological polar surface area (TPSA) is 57.8 Å². The molecule has 3 aromatic rings. The highest BCUT2D eigenvalue weighted by Gasteiger charge is 2.02. The van der Waals surface area contributed by atoms with Crippen LogP contribution in [0.25, 0.3) is 17.0 Å². The number of nitrogens with zero attached hydrogens (tertiary/aromatic N) is 1. The van der Waals surface area contributed by atoms with E-state index in [1.807, 2.05) is 48.5 Å². The first-order valence-corrected chi connectivity index (χ1v) is 7.73. The number of H-pyrrole nitrogens is 1. The van der Waals surface area contributed by atoms with E-state index in [1.54, 1.807) is 6.08 Å². The average molecular weight is 326 g/mol. The fourth-order valence-electron chi connectivity index (χ4n) is 2.31. The van der Waals surface area contributed by atoms with Gasteiger partial charge in [0.25, 0.3) is 0 Å². The highest BCUT2D eigenvalue weighted by Crippen LogP contribution is 2.16. The number of hydrogen-bond donors (Lipinski definition) is 2. The van der Waals surface area contributed by atoms with E-state index >= 15 is 0 Å². The Morgan fingerprint density at radius 1 is 1.17 bits per heavy atom. The van der Waals surface area contributed by atoms with Crippen LogP contribution >= 0.6 is 11.6 Å². The maximum Gasteiger partial charge on any atom is 0.244 e. The lowest BCUT2D eigenvalue weighted by molar-refractivity contribution is -0.116. The van der Waals surface area contributed by atoms with Gasteiger partial charge in [0.1, 0.15) is 0 Å². The van der Waals surface area contributed by atoms with Crippen molar-refractivity contribution in [3.63, 3.8) is 0 Å². The normalized spacial score (nSPS) is 11.2. The third-order valence-electron chi connectivity index (χ3n) is 3.52. The van der Waals surface area contributed by atoms with Gasteiger partial charge in [-0.2, -0.15) is 5.10 Å². The molecule has 0 spiro atoms. The van der Waals surface area contributed by atoms with Gasteiger partial charge in [0, 0.05) is 23.0 Å². The van der Waals surface area contributed by atoms with Crippen molar-refractivity contribution in [1.29, 1.82) is 0 Å². The van der Waals surface area contributed by atoms with Gasteiger partial charge in [0.2, 0.25) is 5.91 Å². The number of carbonyl (C=O) groups is 1. The second-order valence-electron chi connectivity index (χ2n) is 5.16. The molecule has 0 fully saturated rings. The summed E-state index contributed by atoms with van der Waals surface area (Å²) in [5, 5.41) is 11.7. The van der Waals surface area contributed by atoms with Crippen LogP contribution in [-0.4, -0.2) is 22.6 Å². The molecule has 0 aliphatic rings. The van der Waals surface area contributed by atoms with E-state index in [-0.39, 0.29) is 5.91 Å². The molecule has 0 bridgehead atoms. The molecule has 4 nitrogen and oxygen atoms in total. The minimum absolute atomic E-state index is 0.133. The van der Waals surface area contributed by atoms with Gasteiger partial charge in [-0.05, 0) is 36.3 Å². The van der Waals surface area contributed by atoms with Gasteiger partial charge in [-0.25, -0.2) is 0 Å². The molecule has 3 rings (SSSR count). The summed E-state index contributed by atoms with van der Waals surface area (Å²) in [4.78, 5) is 11.9. The fourth-order valence-corrected chi connectivity index (χ4v) is 2.43. The van der Waals surface area contributed by atoms with E-state index in [0.29, 0.717) is 11.6 Å². The molecule has 0 unspecified atom stereocenters. The van der Waals surface area contributed by atoms with Gasteiger partial charge in [-0.15, -0.1) is 0 Å². The Kier molecular flexibility index (Phi) is 4.74. The fraction of sp³-hybridized carbons (Fsp3) is 0.111. The lowest BCUT2D eigenvalue weighted by Crippen LogP contribution is -2.23. The molecule has 5 heteroatoms. The van der Waals surface area contributed by atoms with Crippen LogP contribution in [0.4, 0.5) is 0 Å². The molecule has 2 N–H and O–H groups in total. The summed E-state index contributed by atoms with van der Waals surface area (Å²) in [7, 11) is 0. The third-order valence-corrected chi connectivity index (χ3v) is 3.77. The molecule has 2 aromatic carbocycles. The van der Waals surface area contributed by atoms with E-state index in [9.17, 15) is 4.79 Å². The van der Waals surface area contributed by atoms with Crippen LogP contribution < -0.4 is 5.32 Å². The van der Waals surface area contributed by atoms with Crippen molar-refractivity contribution >= 4 is 34.5 Å². The Hall–Kier alpha value is -2.59. The van der Waals surface area contributed by atoms with Crippen molar-refractivity contribution in [3.8, 4) is 0 Å². The Labute approximate surface area is 139 Å². The maximum absolute atomic E-state index is 11.9. The molecule has 0 atom stereocenters. The molecule has 0 saturated heterocycles. The number of carbonyl (C=O) groups excluding carboxylic acids is 1. The monoisotopic (exact) mass is 325 g/mol. The van der Waals surface area contributed by atoms with Crippen molar-refractivity contribution in [3.05, 3.63) is 70.9 Å². The molecule has 1 amide bonds. The zero-order chi connectivity index (χ0) is 16.1. The Bertz CT molecular complexity index is 837. The van der Waals surface area contributed by atoms with Crippen molar-refractivity contribution < 1.29 is 4.79 Å². The van der Waals surface area contributed by atoms with E-state index in [2.05, 4.69) is 15.5 Å². The zero-order valence-electron chi connectivity index (χ0n) is 12.4. The number of para-hydroxylation sites is 1. The first-order chi connectivity index (χ1) is 11.2. The molecule has 0 aliphatic heterocycles. The smallest absolute Gasteiger partial charge is 0.244 e. The molecule has 0 aliphatic carbocycles. The van der Waals surface area contributed by atoms with Gasteiger partial charge >= 0.3 is 0 Å². The highest BCUT2D eigenvalue weighted by atomic mass is 35.5. The Balaban J connectivity index is 1.53. The van der Waals surface area contributed by atoms with Crippen molar-refractivity contribution in [2.24, 2.45) is 0 Å². The number of rotatable bonds is 5. The van der Waals surface area contributed by atoms with E-state index in [1.165, 1.54) is 6.08 Å². The zero-order valence-corrected chi connectivity index (χ0v) is 13.2. The largest absolute Gasteiger partial charge is 0.352 e. The molecule has 1 aromatic heterocycles. The van der Waals surface area contributed by atoms with E-state index in [4.69, 9.17) is 11.6 Å². The summed E-state index contributed by atoms with van der Waals surface area (Å²) in [5.74, 6) is -0.133. The lowest BCUT2D eigenvalue weighted by Gasteiger charge is -2.02. The standard InChI is InChI=1S/C18H16ClN3O/c19-14-7-5-13(6-8-14)11-12-20-18(23)10-9-17-15-3-1-2-4-16(15)21-22-17/h1-10H,11-12H2,(H,20,23)(H,21,22)/b10-9+. The summed E-state index contributed by atoms with van der Waals surface area (Å²) < 4.78 is 0. The number of amides is 1. The maximum atomic E-state index is 11.9. The predicted octanol–water partition coefficient (Wildman–Crippen LogP) is 3.59. The Morgan fingerprint density at radius 2 is 1.96 bits per heavy atom. The number of aromatic amines is 1. The minimum Gasteiger partial charge on any atom is -0.352 e. The Morgan fingerprint density at radius 3 is 2.78 bits per heavy atom. The molecule has 116 valence electrons. The first kappa shape index (κ1) is 15.3. The molecule has 23 heavy (non-hydrogen) atoms. The number of nitrogens with one attached hydrogen (secondary N) is 2. The van der Waals surface area contributed by atoms with Gasteiger partial charge in [-0.1, -0.05) is 41.9 Å². The SMILES string of the molecule is O=C(/C=C/c1n[nH]c2ccccc12)NCCc1ccc(Cl)cc1. The number of aromatic nitrogens is 2. The van der Waals surface area contributed by atoms with Crippen LogP contribution in [0, 0.1) is 0 Å². The third kappa shape index (κ3) is 3.99.